The van der Waals surface area contributed by atoms with Gasteiger partial charge in [-0.3, -0.25) is 0 Å². The Bertz CT molecular complexity index is 451. The van der Waals surface area contributed by atoms with E-state index in [1.54, 1.807) is 13.0 Å². The van der Waals surface area contributed by atoms with Crippen molar-refractivity contribution in [2.24, 2.45) is 0 Å². The van der Waals surface area contributed by atoms with E-state index in [0.29, 0.717) is 23.1 Å². The second-order valence-electron chi connectivity index (χ2n) is 3.73. The first-order chi connectivity index (χ1) is 7.90. The third-order valence-corrected chi connectivity index (χ3v) is 6.14. The topological polar surface area (TPSA) is 46.2 Å². The van der Waals surface area contributed by atoms with Gasteiger partial charge < -0.3 is 0 Å². The maximum Gasteiger partial charge on any atom is 0.250 e. The molecule has 1 atom stereocenters. The molecular formula is C10H15Cl2NO2S2. The monoisotopic (exact) mass is 315 g/mol. The molecule has 1 unspecified atom stereocenters. The van der Waals surface area contributed by atoms with Crippen molar-refractivity contribution < 1.29 is 8.42 Å². The quantitative estimate of drug-likeness (QED) is 0.818. The van der Waals surface area contributed by atoms with E-state index < -0.39 is 10.0 Å². The van der Waals surface area contributed by atoms with Crippen molar-refractivity contribution in [1.82, 2.24) is 4.72 Å². The number of aryl methyl sites for hydroxylation is 1. The number of nitrogens with one attached hydrogen (secondary N) is 1. The van der Waals surface area contributed by atoms with E-state index in [0.717, 1.165) is 16.9 Å². The molecule has 0 aliphatic heterocycles. The first-order valence-electron chi connectivity index (χ1n) is 5.25. The van der Waals surface area contributed by atoms with Gasteiger partial charge in [-0.2, -0.15) is 0 Å². The molecule has 1 aromatic heterocycles. The first-order valence-corrected chi connectivity index (χ1v) is 8.46. The molecule has 1 N–H and O–H groups in total. The second-order valence-corrected chi connectivity index (χ2v) is 7.70. The summed E-state index contributed by atoms with van der Waals surface area (Å²) in [5, 5.41) is 0. The molecule has 0 fully saturated rings. The lowest BCUT2D eigenvalue weighted by Crippen LogP contribution is -2.34. The normalized spacial score (nSPS) is 13.9. The molecular weight excluding hydrogens is 301 g/mol. The lowest BCUT2D eigenvalue weighted by Gasteiger charge is -2.14. The van der Waals surface area contributed by atoms with Gasteiger partial charge in [0.15, 0.2) is 0 Å². The van der Waals surface area contributed by atoms with Crippen LogP contribution in [0.3, 0.4) is 0 Å². The number of rotatable bonds is 6. The standard InChI is InChI=1S/C10H15Cl2NO2S2/c1-3-8(4-5-11)13-17(14,15)9-6-7(2)10(12)16-9/h6,8,13H,3-5H2,1-2H3. The minimum atomic E-state index is -3.47. The van der Waals surface area contributed by atoms with Gasteiger partial charge in [-0.05, 0) is 31.4 Å². The average Bonchev–Trinajstić information content (AvgIpc) is 2.59. The van der Waals surface area contributed by atoms with Crippen LogP contribution in [0, 0.1) is 6.92 Å². The summed E-state index contributed by atoms with van der Waals surface area (Å²) in [7, 11) is -3.47. The van der Waals surface area contributed by atoms with Crippen molar-refractivity contribution in [3.63, 3.8) is 0 Å². The molecule has 98 valence electrons. The van der Waals surface area contributed by atoms with Crippen LogP contribution in [0.1, 0.15) is 25.3 Å². The summed E-state index contributed by atoms with van der Waals surface area (Å²) in [6, 6.07) is 1.46. The maximum absolute atomic E-state index is 12.0. The zero-order chi connectivity index (χ0) is 13.1. The summed E-state index contributed by atoms with van der Waals surface area (Å²) in [4.78, 5) is 0. The van der Waals surface area contributed by atoms with E-state index in [2.05, 4.69) is 4.72 Å². The Kier molecular flexibility index (Phi) is 5.73. The van der Waals surface area contributed by atoms with Crippen LogP contribution in [0.15, 0.2) is 10.3 Å². The van der Waals surface area contributed by atoms with Crippen LogP contribution in [0.4, 0.5) is 0 Å². The molecule has 0 aliphatic carbocycles. The van der Waals surface area contributed by atoms with Crippen molar-refractivity contribution in [2.45, 2.75) is 36.9 Å². The van der Waals surface area contributed by atoms with Crippen molar-refractivity contribution in [3.8, 4) is 0 Å². The third-order valence-electron chi connectivity index (χ3n) is 2.37. The molecule has 0 bridgehead atoms. The van der Waals surface area contributed by atoms with Crippen molar-refractivity contribution in [1.29, 1.82) is 0 Å². The number of sulfonamides is 1. The van der Waals surface area contributed by atoms with Gasteiger partial charge in [-0.1, -0.05) is 18.5 Å². The van der Waals surface area contributed by atoms with E-state index >= 15 is 0 Å². The Morgan fingerprint density at radius 2 is 2.18 bits per heavy atom. The minimum Gasteiger partial charge on any atom is -0.207 e. The molecule has 0 spiro atoms. The third kappa shape index (κ3) is 4.10. The van der Waals surface area contributed by atoms with E-state index in [-0.39, 0.29) is 10.3 Å². The summed E-state index contributed by atoms with van der Waals surface area (Å²) in [5.41, 5.74) is 0.780. The lowest BCUT2D eigenvalue weighted by molar-refractivity contribution is 0.533. The van der Waals surface area contributed by atoms with Crippen molar-refractivity contribution in [2.75, 3.05) is 5.88 Å². The van der Waals surface area contributed by atoms with Gasteiger partial charge >= 0.3 is 0 Å². The van der Waals surface area contributed by atoms with Crippen LogP contribution in [-0.4, -0.2) is 20.3 Å². The number of thiophene rings is 1. The number of hydrogen-bond acceptors (Lipinski definition) is 3. The molecule has 3 nitrogen and oxygen atoms in total. The molecule has 0 radical (unpaired) electrons. The van der Waals surface area contributed by atoms with Gasteiger partial charge in [-0.15, -0.1) is 22.9 Å². The fourth-order valence-corrected chi connectivity index (χ4v) is 4.66. The summed E-state index contributed by atoms with van der Waals surface area (Å²) in [6.07, 6.45) is 1.33. The highest BCUT2D eigenvalue weighted by molar-refractivity contribution is 7.91. The molecule has 0 amide bonds. The van der Waals surface area contributed by atoms with Crippen LogP contribution in [-0.2, 0) is 10.0 Å². The van der Waals surface area contributed by atoms with E-state index in [4.69, 9.17) is 23.2 Å². The van der Waals surface area contributed by atoms with Gasteiger partial charge in [0, 0.05) is 11.9 Å². The van der Waals surface area contributed by atoms with Gasteiger partial charge in [0.05, 0.1) is 4.34 Å². The summed E-state index contributed by atoms with van der Waals surface area (Å²) in [6.45, 7) is 3.71. The highest BCUT2D eigenvalue weighted by atomic mass is 35.5. The van der Waals surface area contributed by atoms with Gasteiger partial charge in [0.2, 0.25) is 10.0 Å². The van der Waals surface area contributed by atoms with Crippen LogP contribution in [0.5, 0.6) is 0 Å². The van der Waals surface area contributed by atoms with Crippen molar-refractivity contribution in [3.05, 3.63) is 16.0 Å². The average molecular weight is 316 g/mol. The molecule has 1 rings (SSSR count). The summed E-state index contributed by atoms with van der Waals surface area (Å²) < 4.78 is 27.5. The molecule has 0 saturated carbocycles. The highest BCUT2D eigenvalue weighted by Gasteiger charge is 2.21. The Labute approximate surface area is 116 Å². The predicted octanol–water partition coefficient (Wildman–Crippen LogP) is 3.40. The molecule has 17 heavy (non-hydrogen) atoms. The SMILES string of the molecule is CCC(CCCl)NS(=O)(=O)c1cc(C)c(Cl)s1. The van der Waals surface area contributed by atoms with Gasteiger partial charge in [0.25, 0.3) is 0 Å². The fraction of sp³-hybridized carbons (Fsp3) is 0.600. The van der Waals surface area contributed by atoms with E-state index in [9.17, 15) is 8.42 Å². The molecule has 7 heteroatoms. The van der Waals surface area contributed by atoms with E-state index in [1.165, 1.54) is 0 Å². The zero-order valence-corrected chi connectivity index (χ0v) is 12.8. The first kappa shape index (κ1) is 15.2. The van der Waals surface area contributed by atoms with Crippen LogP contribution in [0.2, 0.25) is 4.34 Å². The molecule has 1 heterocycles. The summed E-state index contributed by atoms with van der Waals surface area (Å²) >= 11 is 12.6. The number of halogens is 2. The Morgan fingerprint density at radius 1 is 1.53 bits per heavy atom. The maximum atomic E-state index is 12.0. The Morgan fingerprint density at radius 3 is 2.59 bits per heavy atom. The van der Waals surface area contributed by atoms with E-state index in [1.807, 2.05) is 6.92 Å². The van der Waals surface area contributed by atoms with Gasteiger partial charge in [0.1, 0.15) is 4.21 Å². The Balaban J connectivity index is 2.88. The largest absolute Gasteiger partial charge is 0.250 e. The Hall–Kier alpha value is 0.190. The smallest absolute Gasteiger partial charge is 0.207 e. The molecule has 0 aromatic carbocycles. The van der Waals surface area contributed by atoms with Gasteiger partial charge in [-0.25, -0.2) is 13.1 Å². The minimum absolute atomic E-state index is 0.126. The van der Waals surface area contributed by atoms with Crippen LogP contribution < -0.4 is 4.72 Å². The van der Waals surface area contributed by atoms with Crippen molar-refractivity contribution >= 4 is 44.6 Å². The zero-order valence-electron chi connectivity index (χ0n) is 9.66. The second kappa shape index (κ2) is 6.38. The fourth-order valence-electron chi connectivity index (χ4n) is 1.32. The molecule has 1 aromatic rings. The van der Waals surface area contributed by atoms with Crippen LogP contribution in [0.25, 0.3) is 0 Å². The molecule has 0 aliphatic rings. The van der Waals surface area contributed by atoms with Crippen LogP contribution >= 0.6 is 34.5 Å². The number of alkyl halides is 1. The lowest BCUT2D eigenvalue weighted by atomic mass is 10.2. The predicted molar refractivity (Wildman–Crippen MR) is 73.8 cm³/mol. The molecule has 0 saturated heterocycles. The summed E-state index contributed by atoms with van der Waals surface area (Å²) in [5.74, 6) is 0.436. The highest BCUT2D eigenvalue weighted by Crippen LogP contribution is 2.30. The number of hydrogen-bond donors (Lipinski definition) is 1.